The molecule has 3 aromatic rings. The molecule has 1 heterocycles. The summed E-state index contributed by atoms with van der Waals surface area (Å²) in [4.78, 5) is 24.9. The van der Waals surface area contributed by atoms with Crippen LogP contribution in [0, 0.1) is 0 Å². The summed E-state index contributed by atoms with van der Waals surface area (Å²) in [5.74, 6) is -2.94. The highest BCUT2D eigenvalue weighted by Crippen LogP contribution is 2.44. The molecule has 1 aliphatic heterocycles. The second kappa shape index (κ2) is 8.14. The van der Waals surface area contributed by atoms with Crippen LogP contribution in [-0.4, -0.2) is 30.5 Å². The first-order valence-corrected chi connectivity index (χ1v) is 11.2. The van der Waals surface area contributed by atoms with Gasteiger partial charge in [-0.15, -0.1) is 0 Å². The van der Waals surface area contributed by atoms with Crippen LogP contribution in [0.2, 0.25) is 5.02 Å². The standard InChI is InChI=1S/C23H16ClNO6S/c24-16-10-12-17(13-11-16)25-19(14-6-8-15(9-7-14)23(28)29)21(20(26)22(25)27)32(30,31)18-4-2-1-3-5-18/h1-13,19,26H,(H,28,29)/t19-/m1/s1. The number of rotatable bonds is 5. The first-order chi connectivity index (χ1) is 15.2. The number of nitrogens with zero attached hydrogens (tertiary/aromatic N) is 1. The molecule has 4 rings (SSSR count). The summed E-state index contributed by atoms with van der Waals surface area (Å²) in [6, 6.07) is 17.8. The highest BCUT2D eigenvalue weighted by atomic mass is 35.5. The molecular weight excluding hydrogens is 454 g/mol. The SMILES string of the molecule is O=C(O)c1ccc([C@@H]2C(S(=O)(=O)c3ccccc3)=C(O)C(=O)N2c2ccc(Cl)cc2)cc1. The van der Waals surface area contributed by atoms with Crippen LogP contribution in [0.4, 0.5) is 5.69 Å². The number of carboxylic acids is 1. The van der Waals surface area contributed by atoms with Crippen LogP contribution in [0.1, 0.15) is 22.0 Å². The average molecular weight is 470 g/mol. The Morgan fingerprint density at radius 3 is 2.06 bits per heavy atom. The van der Waals surface area contributed by atoms with Crippen molar-refractivity contribution < 1.29 is 28.2 Å². The zero-order valence-corrected chi connectivity index (χ0v) is 17.9. The van der Waals surface area contributed by atoms with Gasteiger partial charge in [-0.3, -0.25) is 9.69 Å². The van der Waals surface area contributed by atoms with Gasteiger partial charge in [0.05, 0.1) is 10.5 Å². The number of carboxylic acid groups (broad SMARTS) is 1. The molecule has 162 valence electrons. The van der Waals surface area contributed by atoms with E-state index in [1.54, 1.807) is 6.07 Å². The van der Waals surface area contributed by atoms with E-state index in [-0.39, 0.29) is 10.5 Å². The smallest absolute Gasteiger partial charge is 0.335 e. The fraction of sp³-hybridized carbons (Fsp3) is 0.0435. The molecule has 0 radical (unpaired) electrons. The Labute approximate surface area is 188 Å². The number of halogens is 1. The maximum absolute atomic E-state index is 13.5. The fourth-order valence-corrected chi connectivity index (χ4v) is 5.33. The minimum Gasteiger partial charge on any atom is -0.502 e. The Bertz CT molecular complexity index is 1330. The molecule has 0 spiro atoms. The predicted octanol–water partition coefficient (Wildman–Crippen LogP) is 4.37. The van der Waals surface area contributed by atoms with Gasteiger partial charge in [-0.2, -0.15) is 0 Å². The number of aliphatic hydroxyl groups is 1. The zero-order chi connectivity index (χ0) is 23.0. The number of aliphatic hydroxyl groups excluding tert-OH is 1. The second-order valence-corrected chi connectivity index (χ2v) is 9.37. The summed E-state index contributed by atoms with van der Waals surface area (Å²) in [7, 11) is -4.27. The summed E-state index contributed by atoms with van der Waals surface area (Å²) >= 11 is 5.95. The molecule has 1 aliphatic rings. The van der Waals surface area contributed by atoms with E-state index in [1.165, 1.54) is 72.8 Å². The van der Waals surface area contributed by atoms with Gasteiger partial charge in [0.1, 0.15) is 10.9 Å². The largest absolute Gasteiger partial charge is 0.502 e. The molecule has 32 heavy (non-hydrogen) atoms. The van der Waals surface area contributed by atoms with Gasteiger partial charge in [0, 0.05) is 10.7 Å². The van der Waals surface area contributed by atoms with E-state index in [0.29, 0.717) is 16.3 Å². The number of sulfone groups is 1. The van der Waals surface area contributed by atoms with E-state index in [2.05, 4.69) is 0 Å². The van der Waals surface area contributed by atoms with Crippen molar-refractivity contribution in [2.24, 2.45) is 0 Å². The van der Waals surface area contributed by atoms with Gasteiger partial charge in [0.15, 0.2) is 5.76 Å². The summed E-state index contributed by atoms with van der Waals surface area (Å²) in [5, 5.41) is 20.3. The lowest BCUT2D eigenvalue weighted by molar-refractivity contribution is -0.117. The molecule has 1 amide bonds. The Morgan fingerprint density at radius 1 is 0.906 bits per heavy atom. The summed E-state index contributed by atoms with van der Waals surface area (Å²) < 4.78 is 26.9. The van der Waals surface area contributed by atoms with Gasteiger partial charge in [-0.25, -0.2) is 13.2 Å². The van der Waals surface area contributed by atoms with Crippen molar-refractivity contribution in [2.45, 2.75) is 10.9 Å². The van der Waals surface area contributed by atoms with Crippen LogP contribution in [0.15, 0.2) is 94.4 Å². The fourth-order valence-electron chi connectivity index (χ4n) is 3.56. The van der Waals surface area contributed by atoms with Crippen molar-refractivity contribution in [1.82, 2.24) is 0 Å². The van der Waals surface area contributed by atoms with Crippen LogP contribution in [0.25, 0.3) is 0 Å². The predicted molar refractivity (Wildman–Crippen MR) is 118 cm³/mol. The summed E-state index contributed by atoms with van der Waals surface area (Å²) in [6.07, 6.45) is 0. The molecular formula is C23H16ClNO6S. The molecule has 0 saturated carbocycles. The molecule has 0 bridgehead atoms. The molecule has 9 heteroatoms. The number of aromatic carboxylic acids is 1. The molecule has 0 saturated heterocycles. The van der Waals surface area contributed by atoms with Gasteiger partial charge in [0.25, 0.3) is 5.91 Å². The van der Waals surface area contributed by atoms with E-state index in [4.69, 9.17) is 11.6 Å². The normalized spacial score (nSPS) is 16.5. The molecule has 2 N–H and O–H groups in total. The Hall–Kier alpha value is -3.62. The highest BCUT2D eigenvalue weighted by Gasteiger charge is 2.47. The van der Waals surface area contributed by atoms with Crippen molar-refractivity contribution >= 4 is 39.0 Å². The average Bonchev–Trinajstić information content (AvgIpc) is 3.06. The molecule has 7 nitrogen and oxygen atoms in total. The number of anilines is 1. The number of carbonyl (C=O) groups is 2. The lowest BCUT2D eigenvalue weighted by Crippen LogP contribution is -2.31. The lowest BCUT2D eigenvalue weighted by Gasteiger charge is -2.27. The van der Waals surface area contributed by atoms with Gasteiger partial charge >= 0.3 is 5.97 Å². The number of amides is 1. The maximum Gasteiger partial charge on any atom is 0.335 e. The highest BCUT2D eigenvalue weighted by molar-refractivity contribution is 7.95. The van der Waals surface area contributed by atoms with Crippen LogP contribution < -0.4 is 4.90 Å². The van der Waals surface area contributed by atoms with Crippen LogP contribution >= 0.6 is 11.6 Å². The third kappa shape index (κ3) is 3.63. The first-order valence-electron chi connectivity index (χ1n) is 9.37. The van der Waals surface area contributed by atoms with Crippen LogP contribution in [0.5, 0.6) is 0 Å². The quantitative estimate of drug-likeness (QED) is 0.573. The van der Waals surface area contributed by atoms with Crippen molar-refractivity contribution in [1.29, 1.82) is 0 Å². The lowest BCUT2D eigenvalue weighted by atomic mass is 10.0. The third-order valence-electron chi connectivity index (χ3n) is 5.08. The summed E-state index contributed by atoms with van der Waals surface area (Å²) in [5.41, 5.74) is 0.630. The maximum atomic E-state index is 13.5. The molecule has 1 atom stereocenters. The summed E-state index contributed by atoms with van der Waals surface area (Å²) in [6.45, 7) is 0. The third-order valence-corrected chi connectivity index (χ3v) is 7.22. The van der Waals surface area contributed by atoms with E-state index < -0.39 is 38.4 Å². The van der Waals surface area contributed by atoms with Gasteiger partial charge in [-0.1, -0.05) is 41.9 Å². The monoisotopic (exact) mass is 469 g/mol. The van der Waals surface area contributed by atoms with E-state index in [9.17, 15) is 28.2 Å². The second-order valence-electron chi connectivity index (χ2n) is 7.01. The zero-order valence-electron chi connectivity index (χ0n) is 16.3. The topological polar surface area (TPSA) is 112 Å². The van der Waals surface area contributed by atoms with E-state index in [0.717, 1.165) is 4.90 Å². The molecule has 3 aromatic carbocycles. The van der Waals surface area contributed by atoms with Crippen molar-refractivity contribution in [3.8, 4) is 0 Å². The number of benzene rings is 3. The van der Waals surface area contributed by atoms with Crippen LogP contribution in [0.3, 0.4) is 0 Å². The molecule has 0 fully saturated rings. The molecule has 0 aliphatic carbocycles. The first kappa shape index (κ1) is 21.6. The van der Waals surface area contributed by atoms with E-state index >= 15 is 0 Å². The van der Waals surface area contributed by atoms with Gasteiger partial charge in [-0.05, 0) is 54.1 Å². The van der Waals surface area contributed by atoms with Crippen molar-refractivity contribution in [2.75, 3.05) is 4.90 Å². The number of hydrogen-bond acceptors (Lipinski definition) is 5. The Morgan fingerprint density at radius 2 is 1.50 bits per heavy atom. The molecule has 0 unspecified atom stereocenters. The number of hydrogen-bond donors (Lipinski definition) is 2. The van der Waals surface area contributed by atoms with E-state index in [1.807, 2.05) is 0 Å². The minimum absolute atomic E-state index is 0.00298. The minimum atomic E-state index is -4.27. The van der Waals surface area contributed by atoms with Crippen LogP contribution in [-0.2, 0) is 14.6 Å². The van der Waals surface area contributed by atoms with Crippen molar-refractivity contribution in [3.63, 3.8) is 0 Å². The van der Waals surface area contributed by atoms with Gasteiger partial charge in [0.2, 0.25) is 9.84 Å². The Balaban J connectivity index is 1.93. The Kier molecular flexibility index (Phi) is 5.50. The van der Waals surface area contributed by atoms with Gasteiger partial charge < -0.3 is 10.2 Å². The van der Waals surface area contributed by atoms with Crippen molar-refractivity contribution in [3.05, 3.63) is 106 Å². The number of carbonyl (C=O) groups excluding carboxylic acids is 1. The molecule has 0 aromatic heterocycles.